The van der Waals surface area contributed by atoms with Crippen LogP contribution in [0.15, 0.2) is 29.6 Å². The molecule has 0 spiro atoms. The molecule has 0 aliphatic carbocycles. The number of carbonyl (C=O) groups excluding carboxylic acids is 1. The van der Waals surface area contributed by atoms with Gasteiger partial charge in [-0.2, -0.15) is 0 Å². The molecule has 1 fully saturated rings. The molecule has 0 amide bonds. The number of carbonyl (C=O) groups is 1. The van der Waals surface area contributed by atoms with Crippen LogP contribution in [0.5, 0.6) is 11.5 Å². The lowest BCUT2D eigenvalue weighted by molar-refractivity contribution is -0.160. The number of hydrogen-bond acceptors (Lipinski definition) is 9. The highest BCUT2D eigenvalue weighted by Crippen LogP contribution is 2.38. The lowest BCUT2D eigenvalue weighted by Gasteiger charge is -2.32. The summed E-state index contributed by atoms with van der Waals surface area (Å²) in [7, 11) is 1.62. The molecule has 3 heterocycles. The smallest absolute Gasteiger partial charge is 0.309 e. The number of halogens is 1. The average molecular weight is 614 g/mol. The highest BCUT2D eigenvalue weighted by atomic mass is 32.1. The minimum absolute atomic E-state index is 0.0782. The Hall–Kier alpha value is -3.21. The van der Waals surface area contributed by atoms with E-state index in [0.717, 1.165) is 60.0 Å². The van der Waals surface area contributed by atoms with E-state index in [-0.39, 0.29) is 30.9 Å². The van der Waals surface area contributed by atoms with Gasteiger partial charge < -0.3 is 29.5 Å². The molecule has 2 aliphatic rings. The zero-order chi connectivity index (χ0) is 31.1. The van der Waals surface area contributed by atoms with Crippen LogP contribution in [0.2, 0.25) is 0 Å². The second-order valence-corrected chi connectivity index (χ2v) is 12.6. The molecule has 0 saturated carbocycles. The topological polar surface area (TPSA) is 93.2 Å². The first kappa shape index (κ1) is 32.7. The number of aliphatic hydroxyl groups excluding tert-OH is 1. The van der Waals surface area contributed by atoms with Crippen molar-refractivity contribution in [3.05, 3.63) is 57.7 Å². The molecule has 0 bridgehead atoms. The number of nitrogens with one attached hydrogen (secondary N) is 1. The van der Waals surface area contributed by atoms with Crippen molar-refractivity contribution in [3.8, 4) is 22.8 Å². The Bertz CT molecular complexity index is 1400. The van der Waals surface area contributed by atoms with E-state index >= 15 is 4.39 Å². The lowest BCUT2D eigenvalue weighted by Crippen LogP contribution is -2.38. The quantitative estimate of drug-likeness (QED) is 0.312. The molecule has 5 rings (SSSR count). The van der Waals surface area contributed by atoms with Crippen LogP contribution in [0.3, 0.4) is 0 Å². The summed E-state index contributed by atoms with van der Waals surface area (Å²) < 4.78 is 32.9. The van der Waals surface area contributed by atoms with Gasteiger partial charge in [-0.1, -0.05) is 12.1 Å². The van der Waals surface area contributed by atoms with Crippen molar-refractivity contribution in [1.29, 1.82) is 0 Å². The summed E-state index contributed by atoms with van der Waals surface area (Å²) in [4.78, 5) is 19.7. The van der Waals surface area contributed by atoms with Crippen molar-refractivity contribution in [2.24, 2.45) is 5.92 Å². The maximum Gasteiger partial charge on any atom is 0.309 e. The van der Waals surface area contributed by atoms with E-state index in [4.69, 9.17) is 24.3 Å². The third kappa shape index (κ3) is 8.04. The van der Waals surface area contributed by atoms with Crippen LogP contribution in [0, 0.1) is 18.7 Å². The van der Waals surface area contributed by atoms with E-state index < -0.39 is 5.60 Å². The van der Waals surface area contributed by atoms with E-state index in [0.29, 0.717) is 35.6 Å². The fraction of sp³-hybridized carbons (Fsp3) is 0.515. The Morgan fingerprint density at radius 2 is 1.95 bits per heavy atom. The summed E-state index contributed by atoms with van der Waals surface area (Å²) in [6.07, 6.45) is 2.11. The van der Waals surface area contributed by atoms with Gasteiger partial charge in [-0.15, -0.1) is 11.3 Å². The normalized spacial score (nSPS) is 15.3. The molecule has 2 aromatic carbocycles. The maximum atomic E-state index is 15.5. The molecule has 8 nitrogen and oxygen atoms in total. The number of methoxy groups -OCH3 is 1. The number of para-hydroxylation sites is 1. The van der Waals surface area contributed by atoms with Gasteiger partial charge >= 0.3 is 5.97 Å². The number of aryl methyl sites for hydroxylation is 1. The van der Waals surface area contributed by atoms with E-state index in [1.54, 1.807) is 31.4 Å². The average Bonchev–Trinajstić information content (AvgIpc) is 3.47. The van der Waals surface area contributed by atoms with Gasteiger partial charge in [0.1, 0.15) is 29.5 Å². The summed E-state index contributed by atoms with van der Waals surface area (Å²) in [6.45, 7) is 12.6. The van der Waals surface area contributed by atoms with Crippen LogP contribution in [-0.2, 0) is 29.1 Å². The molecular weight excluding hydrogens is 569 g/mol. The molecule has 43 heavy (non-hydrogen) atoms. The molecule has 0 radical (unpaired) electrons. The highest BCUT2D eigenvalue weighted by Gasteiger charge is 2.30. The molecule has 0 unspecified atom stereocenters. The number of aromatic nitrogens is 1. The molecule has 3 aromatic rings. The number of fused-ring (bicyclic) bond motifs is 1. The minimum atomic E-state index is -0.471. The van der Waals surface area contributed by atoms with Crippen molar-refractivity contribution >= 4 is 22.4 Å². The van der Waals surface area contributed by atoms with Gasteiger partial charge in [-0.05, 0) is 83.7 Å². The lowest BCUT2D eigenvalue weighted by atomic mass is 9.96. The number of thiazole rings is 1. The molecule has 2 aliphatic heterocycles. The standard InChI is InChI=1S/C31H38FN3O4S.C2H6O/c1-19-7-6-8-23(28(19)38-17-21-15-26(37-5)24-16-33-12-9-22(24)27(21)32)25-18-40-30(34-25)35-13-10-20(11-14-35)29(36)39-31(2,3)4;1-2-3/h6-8,15,18,20,33H,9-14,16-17H2,1-5H3;3H,2H2,1H3. The number of nitrogens with zero attached hydrogens (tertiary/aromatic N) is 2. The minimum Gasteiger partial charge on any atom is -0.496 e. The number of aliphatic hydroxyl groups is 1. The zero-order valence-electron chi connectivity index (χ0n) is 26.1. The van der Waals surface area contributed by atoms with Crippen molar-refractivity contribution in [3.63, 3.8) is 0 Å². The third-order valence-corrected chi connectivity index (χ3v) is 8.35. The Morgan fingerprint density at radius 3 is 2.63 bits per heavy atom. The van der Waals surface area contributed by atoms with E-state index in [9.17, 15) is 4.79 Å². The summed E-state index contributed by atoms with van der Waals surface area (Å²) in [5.74, 6) is 0.981. The van der Waals surface area contributed by atoms with Crippen LogP contribution in [0.4, 0.5) is 9.52 Å². The molecule has 1 aromatic heterocycles. The third-order valence-electron chi connectivity index (χ3n) is 7.44. The Labute approximate surface area is 258 Å². The van der Waals surface area contributed by atoms with Gasteiger partial charge in [0, 0.05) is 48.3 Å². The van der Waals surface area contributed by atoms with Gasteiger partial charge in [0.05, 0.1) is 18.7 Å². The SMILES string of the molecule is CCO.COc1cc(COc2c(C)cccc2-c2csc(N3CCC(C(=O)OC(C)(C)C)CC3)n2)c(F)c2c1CNCC2. The zero-order valence-corrected chi connectivity index (χ0v) is 26.9. The predicted molar refractivity (Wildman–Crippen MR) is 169 cm³/mol. The largest absolute Gasteiger partial charge is 0.496 e. The van der Waals surface area contributed by atoms with Crippen molar-refractivity contribution < 1.29 is 28.5 Å². The van der Waals surface area contributed by atoms with E-state index in [1.165, 1.54) is 0 Å². The molecule has 2 N–H and O–H groups in total. The number of anilines is 1. The second kappa shape index (κ2) is 14.5. The summed E-state index contributed by atoms with van der Waals surface area (Å²) >= 11 is 1.58. The Balaban J connectivity index is 0.00000135. The van der Waals surface area contributed by atoms with Gasteiger partial charge in [0.15, 0.2) is 5.13 Å². The Kier molecular flexibility index (Phi) is 11.0. The maximum absolute atomic E-state index is 15.5. The van der Waals surface area contributed by atoms with Crippen LogP contribution in [-0.4, -0.2) is 55.0 Å². The first-order valence-corrected chi connectivity index (χ1v) is 15.8. The highest BCUT2D eigenvalue weighted by molar-refractivity contribution is 7.14. The summed E-state index contributed by atoms with van der Waals surface area (Å²) in [6, 6.07) is 7.72. The molecular formula is C33H44FN3O5S. The van der Waals surface area contributed by atoms with Crippen LogP contribution >= 0.6 is 11.3 Å². The van der Waals surface area contributed by atoms with E-state index in [2.05, 4.69) is 10.2 Å². The van der Waals surface area contributed by atoms with Crippen LogP contribution in [0.1, 0.15) is 62.8 Å². The number of esters is 1. The van der Waals surface area contributed by atoms with Crippen molar-refractivity contribution in [2.45, 2.75) is 72.6 Å². The molecule has 0 atom stereocenters. The summed E-state index contributed by atoms with van der Waals surface area (Å²) in [5, 5.41) is 13.8. The first-order valence-electron chi connectivity index (χ1n) is 14.9. The Morgan fingerprint density at radius 1 is 1.23 bits per heavy atom. The molecule has 1 saturated heterocycles. The number of rotatable bonds is 7. The first-order chi connectivity index (χ1) is 20.6. The number of hydrogen-bond donors (Lipinski definition) is 2. The predicted octanol–water partition coefficient (Wildman–Crippen LogP) is 6.05. The van der Waals surface area contributed by atoms with Gasteiger partial charge in [-0.25, -0.2) is 9.37 Å². The fourth-order valence-electron chi connectivity index (χ4n) is 5.37. The van der Waals surface area contributed by atoms with Crippen molar-refractivity contribution in [1.82, 2.24) is 10.3 Å². The van der Waals surface area contributed by atoms with Crippen LogP contribution in [0.25, 0.3) is 11.3 Å². The molecule has 10 heteroatoms. The van der Waals surface area contributed by atoms with Gasteiger partial charge in [0.2, 0.25) is 0 Å². The van der Waals surface area contributed by atoms with Crippen molar-refractivity contribution in [2.75, 3.05) is 38.3 Å². The van der Waals surface area contributed by atoms with Gasteiger partial charge in [0.25, 0.3) is 0 Å². The second-order valence-electron chi connectivity index (χ2n) is 11.8. The summed E-state index contributed by atoms with van der Waals surface area (Å²) in [5.41, 5.74) is 4.26. The number of benzene rings is 2. The fourth-order valence-corrected chi connectivity index (χ4v) is 6.25. The number of ether oxygens (including phenoxy) is 3. The van der Waals surface area contributed by atoms with Crippen LogP contribution < -0.4 is 19.7 Å². The number of piperidine rings is 1. The van der Waals surface area contributed by atoms with E-state index in [1.807, 2.05) is 51.3 Å². The monoisotopic (exact) mass is 613 g/mol. The van der Waals surface area contributed by atoms with Gasteiger partial charge in [-0.3, -0.25) is 4.79 Å². The molecule has 234 valence electrons.